The lowest BCUT2D eigenvalue weighted by Crippen LogP contribution is -2.62. The summed E-state index contributed by atoms with van der Waals surface area (Å²) in [5, 5.41) is 0. The van der Waals surface area contributed by atoms with E-state index in [0.717, 1.165) is 44.9 Å². The van der Waals surface area contributed by atoms with Crippen LogP contribution in [-0.4, -0.2) is 34.8 Å². The molecular weight excluding hydrogens is 344 g/mol. The van der Waals surface area contributed by atoms with Crippen molar-refractivity contribution in [2.24, 2.45) is 23.7 Å². The van der Waals surface area contributed by atoms with Gasteiger partial charge >= 0.3 is 11.9 Å². The predicted octanol–water partition coefficient (Wildman–Crippen LogP) is 3.31. The molecule has 146 valence electrons. The standard InChI is InChI=1S/C22H28O5/c1-12(2)18(23)26-21-4-13-3-14(5-21)7-22(6-13,11-21)27-19(24)16-9-20-8-15(16)17(10-20)25-20/h13-17H,1,3-11H2,2H3. The van der Waals surface area contributed by atoms with Gasteiger partial charge in [-0.3, -0.25) is 4.79 Å². The second-order valence-corrected chi connectivity index (χ2v) is 10.6. The maximum absolute atomic E-state index is 13.1. The van der Waals surface area contributed by atoms with Crippen molar-refractivity contribution in [3.8, 4) is 0 Å². The molecule has 8 aliphatic rings. The monoisotopic (exact) mass is 372 g/mol. The largest absolute Gasteiger partial charge is 0.459 e. The van der Waals surface area contributed by atoms with Crippen LogP contribution in [-0.2, 0) is 23.8 Å². The molecule has 5 nitrogen and oxygen atoms in total. The van der Waals surface area contributed by atoms with Gasteiger partial charge in [0.2, 0.25) is 0 Å². The van der Waals surface area contributed by atoms with Crippen LogP contribution in [0.25, 0.3) is 0 Å². The molecule has 6 aliphatic carbocycles. The SMILES string of the molecule is C=C(C)C(=O)OC12CC3CC(C1)CC(OC(=O)C1CC45CC(O4)C1C5)(C3)C2. The molecule has 6 atom stereocenters. The van der Waals surface area contributed by atoms with Crippen molar-refractivity contribution in [3.05, 3.63) is 12.2 Å². The quantitative estimate of drug-likeness (QED) is 0.560. The molecule has 5 heteroatoms. The molecule has 2 aliphatic heterocycles. The first-order valence-corrected chi connectivity index (χ1v) is 10.6. The molecule has 0 aromatic carbocycles. The molecule has 8 fully saturated rings. The normalized spacial score (nSPS) is 53.1. The first-order chi connectivity index (χ1) is 12.8. The average Bonchev–Trinajstić information content (AvgIpc) is 3.18. The maximum atomic E-state index is 13.1. The van der Waals surface area contributed by atoms with E-state index in [2.05, 4.69) is 6.58 Å². The van der Waals surface area contributed by atoms with Crippen LogP contribution in [0, 0.1) is 23.7 Å². The van der Waals surface area contributed by atoms with E-state index in [1.54, 1.807) is 6.92 Å². The van der Waals surface area contributed by atoms with Gasteiger partial charge in [-0.2, -0.15) is 0 Å². The van der Waals surface area contributed by atoms with E-state index in [1.807, 2.05) is 0 Å². The van der Waals surface area contributed by atoms with E-state index >= 15 is 0 Å². The molecule has 27 heavy (non-hydrogen) atoms. The van der Waals surface area contributed by atoms with Crippen LogP contribution in [0.5, 0.6) is 0 Å². The third kappa shape index (κ3) is 2.27. The van der Waals surface area contributed by atoms with Gasteiger partial charge in [0.1, 0.15) is 11.2 Å². The maximum Gasteiger partial charge on any atom is 0.333 e. The third-order valence-corrected chi connectivity index (χ3v) is 8.40. The fourth-order valence-corrected chi connectivity index (χ4v) is 7.94. The number of ether oxygens (including phenoxy) is 3. The lowest BCUT2D eigenvalue weighted by Gasteiger charge is -2.60. The van der Waals surface area contributed by atoms with Gasteiger partial charge in [0.15, 0.2) is 0 Å². The van der Waals surface area contributed by atoms with E-state index in [1.165, 1.54) is 6.42 Å². The second-order valence-electron chi connectivity index (χ2n) is 10.6. The second kappa shape index (κ2) is 4.97. The van der Waals surface area contributed by atoms with Crippen molar-refractivity contribution in [2.75, 3.05) is 0 Å². The van der Waals surface area contributed by atoms with Crippen LogP contribution < -0.4 is 0 Å². The molecule has 0 N–H and O–H groups in total. The van der Waals surface area contributed by atoms with E-state index in [-0.39, 0.29) is 29.6 Å². The Morgan fingerprint density at radius 3 is 2.11 bits per heavy atom. The average molecular weight is 372 g/mol. The molecule has 8 rings (SSSR count). The summed E-state index contributed by atoms with van der Waals surface area (Å²) < 4.78 is 18.2. The number of carbonyl (C=O) groups is 2. The van der Waals surface area contributed by atoms with Crippen LogP contribution in [0.2, 0.25) is 0 Å². The summed E-state index contributed by atoms with van der Waals surface area (Å²) in [6, 6.07) is 0. The fraction of sp³-hybridized carbons (Fsp3) is 0.818. The molecule has 7 bridgehead atoms. The number of esters is 2. The van der Waals surface area contributed by atoms with Gasteiger partial charge in [-0.25, -0.2) is 4.79 Å². The van der Waals surface area contributed by atoms with Gasteiger partial charge in [-0.1, -0.05) is 6.58 Å². The van der Waals surface area contributed by atoms with E-state index in [0.29, 0.717) is 29.7 Å². The first kappa shape index (κ1) is 16.6. The summed E-state index contributed by atoms with van der Waals surface area (Å²) in [6.45, 7) is 5.43. The van der Waals surface area contributed by atoms with Gasteiger partial charge in [-0.05, 0) is 63.7 Å². The summed E-state index contributed by atoms with van der Waals surface area (Å²) in [5.74, 6) is 1.04. The molecule has 2 saturated heterocycles. The highest BCUT2D eigenvalue weighted by molar-refractivity contribution is 5.87. The van der Waals surface area contributed by atoms with Gasteiger partial charge in [0, 0.05) is 24.3 Å². The third-order valence-electron chi connectivity index (χ3n) is 8.40. The van der Waals surface area contributed by atoms with Crippen LogP contribution in [0.15, 0.2) is 12.2 Å². The molecule has 2 heterocycles. The lowest BCUT2D eigenvalue weighted by molar-refractivity contribution is -0.239. The number of carbonyl (C=O) groups excluding carboxylic acids is 2. The molecular formula is C22H28O5. The zero-order valence-electron chi connectivity index (χ0n) is 16.0. The van der Waals surface area contributed by atoms with E-state index in [4.69, 9.17) is 14.2 Å². The highest BCUT2D eigenvalue weighted by Crippen LogP contribution is 2.65. The van der Waals surface area contributed by atoms with E-state index in [9.17, 15) is 9.59 Å². The zero-order chi connectivity index (χ0) is 18.6. The highest BCUT2D eigenvalue weighted by Gasteiger charge is 2.69. The molecule has 0 aromatic rings. The van der Waals surface area contributed by atoms with Crippen LogP contribution in [0.3, 0.4) is 0 Å². The van der Waals surface area contributed by atoms with Gasteiger partial charge in [-0.15, -0.1) is 0 Å². The number of hydrogen-bond donors (Lipinski definition) is 0. The summed E-state index contributed by atoms with van der Waals surface area (Å²) in [7, 11) is 0. The molecule has 0 aromatic heterocycles. The van der Waals surface area contributed by atoms with Crippen LogP contribution in [0.4, 0.5) is 0 Å². The number of rotatable bonds is 4. The number of hydrogen-bond acceptors (Lipinski definition) is 5. The van der Waals surface area contributed by atoms with E-state index < -0.39 is 11.2 Å². The Labute approximate surface area is 159 Å². The van der Waals surface area contributed by atoms with Crippen molar-refractivity contribution in [1.29, 1.82) is 0 Å². The topological polar surface area (TPSA) is 61.8 Å². The zero-order valence-corrected chi connectivity index (χ0v) is 16.0. The lowest BCUT2D eigenvalue weighted by atomic mass is 9.52. The molecule has 6 unspecified atom stereocenters. The van der Waals surface area contributed by atoms with Crippen molar-refractivity contribution in [3.63, 3.8) is 0 Å². The van der Waals surface area contributed by atoms with Crippen LogP contribution in [0.1, 0.15) is 64.7 Å². The molecule has 0 radical (unpaired) electrons. The summed E-state index contributed by atoms with van der Waals surface area (Å²) in [5.41, 5.74) is -0.448. The van der Waals surface area contributed by atoms with Gasteiger partial charge < -0.3 is 14.2 Å². The van der Waals surface area contributed by atoms with Gasteiger partial charge in [0.25, 0.3) is 0 Å². The summed E-state index contributed by atoms with van der Waals surface area (Å²) in [4.78, 5) is 25.4. The Kier molecular flexibility index (Phi) is 3.05. The minimum Gasteiger partial charge on any atom is -0.459 e. The Bertz CT molecular complexity index is 734. The summed E-state index contributed by atoms with van der Waals surface area (Å²) in [6.07, 6.45) is 8.83. The highest BCUT2D eigenvalue weighted by atomic mass is 16.6. The Morgan fingerprint density at radius 1 is 0.963 bits per heavy atom. The minimum atomic E-state index is -0.459. The Morgan fingerprint density at radius 2 is 1.59 bits per heavy atom. The van der Waals surface area contributed by atoms with Gasteiger partial charge in [0.05, 0.1) is 17.6 Å². The van der Waals surface area contributed by atoms with Crippen molar-refractivity contribution >= 4 is 11.9 Å². The van der Waals surface area contributed by atoms with Crippen molar-refractivity contribution < 1.29 is 23.8 Å². The minimum absolute atomic E-state index is 0.00126. The molecule has 1 spiro atoms. The Hall–Kier alpha value is -1.36. The fourth-order valence-electron chi connectivity index (χ4n) is 7.94. The Balaban J connectivity index is 1.22. The smallest absolute Gasteiger partial charge is 0.333 e. The van der Waals surface area contributed by atoms with Crippen LogP contribution >= 0.6 is 0 Å². The molecule has 0 amide bonds. The first-order valence-electron chi connectivity index (χ1n) is 10.6. The predicted molar refractivity (Wildman–Crippen MR) is 95.6 cm³/mol. The van der Waals surface area contributed by atoms with Crippen molar-refractivity contribution in [1.82, 2.24) is 0 Å². The van der Waals surface area contributed by atoms with Crippen molar-refractivity contribution in [2.45, 2.75) is 87.6 Å². The summed E-state index contributed by atoms with van der Waals surface area (Å²) >= 11 is 0. The molecule has 6 saturated carbocycles.